The number of likely N-dealkylation sites (N-methyl/N-ethyl adjacent to an activating group) is 1. The number of hydrogen-bond acceptors (Lipinski definition) is 6. The van der Waals surface area contributed by atoms with Crippen LogP contribution in [0, 0.1) is 0 Å². The van der Waals surface area contributed by atoms with Gasteiger partial charge in [-0.1, -0.05) is 223 Å². The minimum absolute atomic E-state index is 0.00933. The van der Waals surface area contributed by atoms with Gasteiger partial charge >= 0.3 is 0 Å². The van der Waals surface area contributed by atoms with Crippen LogP contribution in [0.25, 0.3) is 0 Å². The molecule has 0 aromatic heterocycles. The van der Waals surface area contributed by atoms with Crippen LogP contribution >= 0.6 is 7.82 Å². The largest absolute Gasteiger partial charge is 0.756 e. The number of nitrogens with one attached hydrogen (secondary N) is 1. The molecule has 0 aliphatic heterocycles. The van der Waals surface area contributed by atoms with Crippen LogP contribution in [0.2, 0.25) is 0 Å². The fourth-order valence-corrected chi connectivity index (χ4v) is 8.61. The van der Waals surface area contributed by atoms with Crippen LogP contribution in [0.3, 0.4) is 0 Å². The van der Waals surface area contributed by atoms with Crippen molar-refractivity contribution in [2.75, 3.05) is 40.9 Å². The smallest absolute Gasteiger partial charge is 0.268 e. The maximum atomic E-state index is 12.9. The third kappa shape index (κ3) is 50.2. The van der Waals surface area contributed by atoms with Crippen molar-refractivity contribution in [2.24, 2.45) is 0 Å². The highest BCUT2D eigenvalue weighted by molar-refractivity contribution is 7.45. The van der Waals surface area contributed by atoms with Crippen LogP contribution in [0.1, 0.15) is 251 Å². The second kappa shape index (κ2) is 47.5. The second-order valence-electron chi connectivity index (χ2n) is 19.9. The molecule has 0 radical (unpaired) electrons. The van der Waals surface area contributed by atoms with Gasteiger partial charge in [0.1, 0.15) is 13.2 Å². The highest BCUT2D eigenvalue weighted by Crippen LogP contribution is 2.38. The highest BCUT2D eigenvalue weighted by Gasteiger charge is 2.23. The van der Waals surface area contributed by atoms with E-state index >= 15 is 0 Å². The molecule has 0 aliphatic rings. The van der Waals surface area contributed by atoms with Crippen molar-refractivity contribution < 1.29 is 32.9 Å². The molecule has 0 aromatic rings. The van der Waals surface area contributed by atoms with Crippen molar-refractivity contribution in [2.45, 2.75) is 264 Å². The van der Waals surface area contributed by atoms with Crippen LogP contribution in [0.4, 0.5) is 0 Å². The number of allylic oxidation sites excluding steroid dienone is 7. The van der Waals surface area contributed by atoms with Crippen molar-refractivity contribution in [3.63, 3.8) is 0 Å². The Labute approximate surface area is 403 Å². The predicted octanol–water partition coefficient (Wildman–Crippen LogP) is 15.7. The van der Waals surface area contributed by atoms with Gasteiger partial charge in [0.15, 0.2) is 0 Å². The molecule has 3 atom stereocenters. The number of nitrogens with zero attached hydrogens (tertiary/aromatic N) is 1. The van der Waals surface area contributed by atoms with E-state index < -0.39 is 26.6 Å². The Kier molecular flexibility index (Phi) is 46.4. The first kappa shape index (κ1) is 63.5. The van der Waals surface area contributed by atoms with Gasteiger partial charge in [0, 0.05) is 6.42 Å². The summed E-state index contributed by atoms with van der Waals surface area (Å²) in [7, 11) is 1.24. The van der Waals surface area contributed by atoms with E-state index in [1.807, 2.05) is 27.2 Å². The SMILES string of the molecule is CCCCCC/C=C/CC/C=C/CC/C=C/C(O)C(COP(=O)([O-])OCC[N+](C)(C)C)NC(=O)CCCCCCCCCCCCCCC/C=C\CCCCCCCCCCCCCC. The van der Waals surface area contributed by atoms with Crippen LogP contribution in [0.5, 0.6) is 0 Å². The average Bonchev–Trinajstić information content (AvgIpc) is 3.26. The topological polar surface area (TPSA) is 108 Å². The lowest BCUT2D eigenvalue weighted by atomic mass is 10.0. The van der Waals surface area contributed by atoms with Crippen LogP contribution in [0.15, 0.2) is 48.6 Å². The van der Waals surface area contributed by atoms with E-state index in [1.165, 1.54) is 180 Å². The van der Waals surface area contributed by atoms with Crippen molar-refractivity contribution >= 4 is 13.7 Å². The number of unbranched alkanes of at least 4 members (excludes halogenated alkanes) is 31. The van der Waals surface area contributed by atoms with Gasteiger partial charge < -0.3 is 28.8 Å². The van der Waals surface area contributed by atoms with Crippen LogP contribution in [-0.4, -0.2) is 68.5 Å². The molecule has 9 heteroatoms. The molecule has 0 bridgehead atoms. The first-order valence-corrected chi connectivity index (χ1v) is 29.0. The number of quaternary nitrogens is 1. The van der Waals surface area contributed by atoms with E-state index in [2.05, 4.69) is 55.6 Å². The third-order valence-corrected chi connectivity index (χ3v) is 13.2. The van der Waals surface area contributed by atoms with E-state index in [4.69, 9.17) is 9.05 Å². The van der Waals surface area contributed by atoms with Crippen molar-refractivity contribution in [3.8, 4) is 0 Å². The number of carbonyl (C=O) groups is 1. The average molecular weight is 935 g/mol. The number of rotatable bonds is 50. The summed E-state index contributed by atoms with van der Waals surface area (Å²) >= 11 is 0. The summed E-state index contributed by atoms with van der Waals surface area (Å²) in [5.41, 5.74) is 0. The lowest BCUT2D eigenvalue weighted by Crippen LogP contribution is -2.45. The summed E-state index contributed by atoms with van der Waals surface area (Å²) in [5.74, 6) is -0.211. The molecule has 1 amide bonds. The standard InChI is InChI=1S/C56H107N2O6P/c1-6-8-10-12-14-16-18-20-22-23-24-25-26-27-28-29-30-31-32-33-34-35-36-38-40-42-44-46-48-50-56(60)57-54(53-64-65(61,62)63-52-51-58(3,4)5)55(59)49-47-45-43-41-39-37-21-19-17-15-13-11-9-7-2/h17,19,27-28,39,41,47,49,54-55,59H,6-16,18,20-26,29-38,40,42-46,48,50-53H2,1-5H3,(H-,57,60,61,62)/b19-17+,28-27-,41-39+,49-47+. The molecule has 382 valence electrons. The van der Waals surface area contributed by atoms with Crippen LogP contribution < -0.4 is 10.2 Å². The maximum Gasteiger partial charge on any atom is 0.268 e. The fourth-order valence-electron chi connectivity index (χ4n) is 7.89. The molecule has 8 nitrogen and oxygen atoms in total. The Balaban J connectivity index is 4.14. The monoisotopic (exact) mass is 935 g/mol. The molecule has 0 aliphatic carbocycles. The molecule has 2 N–H and O–H groups in total. The number of aliphatic hydroxyl groups is 1. The molecule has 0 saturated carbocycles. The first-order chi connectivity index (χ1) is 31.5. The van der Waals surface area contributed by atoms with Gasteiger partial charge in [0.2, 0.25) is 5.91 Å². The normalized spacial score (nSPS) is 14.4. The van der Waals surface area contributed by atoms with Gasteiger partial charge in [-0.05, 0) is 70.6 Å². The van der Waals surface area contributed by atoms with E-state index in [0.717, 1.165) is 51.4 Å². The van der Waals surface area contributed by atoms with Crippen molar-refractivity contribution in [3.05, 3.63) is 48.6 Å². The number of aliphatic hydroxyl groups excluding tert-OH is 1. The Morgan fingerprint density at radius 2 is 0.862 bits per heavy atom. The summed E-state index contributed by atoms with van der Waals surface area (Å²) in [6, 6.07) is -0.909. The molecular weight excluding hydrogens is 828 g/mol. The Bertz CT molecular complexity index is 1200. The summed E-state index contributed by atoms with van der Waals surface area (Å²) in [6.45, 7) is 4.61. The Morgan fingerprint density at radius 3 is 1.26 bits per heavy atom. The van der Waals surface area contributed by atoms with Gasteiger partial charge in [-0.3, -0.25) is 9.36 Å². The van der Waals surface area contributed by atoms with E-state index in [0.29, 0.717) is 17.4 Å². The lowest BCUT2D eigenvalue weighted by molar-refractivity contribution is -0.870. The predicted molar refractivity (Wildman–Crippen MR) is 279 cm³/mol. The molecule has 0 saturated heterocycles. The second-order valence-corrected chi connectivity index (χ2v) is 21.3. The summed E-state index contributed by atoms with van der Waals surface area (Å²) < 4.78 is 23.3. The quantitative estimate of drug-likeness (QED) is 0.0272. The minimum atomic E-state index is -4.60. The number of hydrogen-bond donors (Lipinski definition) is 2. The summed E-state index contributed by atoms with van der Waals surface area (Å²) in [5, 5.41) is 13.8. The summed E-state index contributed by atoms with van der Waals surface area (Å²) in [6.07, 6.45) is 62.0. The zero-order valence-electron chi connectivity index (χ0n) is 43.4. The zero-order valence-corrected chi connectivity index (χ0v) is 44.3. The molecule has 0 fully saturated rings. The van der Waals surface area contributed by atoms with Crippen molar-refractivity contribution in [1.29, 1.82) is 0 Å². The summed E-state index contributed by atoms with van der Waals surface area (Å²) in [4.78, 5) is 25.4. The molecule has 0 aromatic carbocycles. The van der Waals surface area contributed by atoms with Gasteiger partial charge in [-0.25, -0.2) is 0 Å². The van der Waals surface area contributed by atoms with E-state index in [9.17, 15) is 19.4 Å². The van der Waals surface area contributed by atoms with E-state index in [1.54, 1.807) is 6.08 Å². The third-order valence-electron chi connectivity index (χ3n) is 12.2. The van der Waals surface area contributed by atoms with Crippen molar-refractivity contribution in [1.82, 2.24) is 5.32 Å². The van der Waals surface area contributed by atoms with Gasteiger partial charge in [0.05, 0.1) is 39.9 Å². The Morgan fingerprint density at radius 1 is 0.523 bits per heavy atom. The zero-order chi connectivity index (χ0) is 47.8. The fraction of sp³-hybridized carbons (Fsp3) is 0.839. The number of phosphoric ester groups is 1. The number of amides is 1. The first-order valence-electron chi connectivity index (χ1n) is 27.5. The highest BCUT2D eigenvalue weighted by atomic mass is 31.2. The van der Waals surface area contributed by atoms with E-state index in [-0.39, 0.29) is 12.5 Å². The number of carbonyl (C=O) groups excluding carboxylic acids is 1. The molecule has 0 heterocycles. The maximum absolute atomic E-state index is 12.9. The van der Waals surface area contributed by atoms with Crippen LogP contribution in [-0.2, 0) is 18.4 Å². The molecule has 0 spiro atoms. The molecule has 3 unspecified atom stereocenters. The molecular formula is C56H107N2O6P. The van der Waals surface area contributed by atoms with Gasteiger partial charge in [-0.15, -0.1) is 0 Å². The molecule has 0 rings (SSSR count). The minimum Gasteiger partial charge on any atom is -0.756 e. The van der Waals surface area contributed by atoms with Gasteiger partial charge in [0.25, 0.3) is 7.82 Å². The number of phosphoric acid groups is 1. The lowest BCUT2D eigenvalue weighted by Gasteiger charge is -2.29. The van der Waals surface area contributed by atoms with Gasteiger partial charge in [-0.2, -0.15) is 0 Å². The Hall–Kier alpha value is -1.54. The molecule has 65 heavy (non-hydrogen) atoms.